The molecule has 14 heavy (non-hydrogen) atoms. The molecular formula is C10H19NO3. The fraction of sp³-hybridized carbons (Fsp3) is 0.900. The van der Waals surface area contributed by atoms with Crippen LogP contribution in [0.1, 0.15) is 38.5 Å². The molecule has 0 bridgehead atoms. The molecule has 0 aromatic carbocycles. The van der Waals surface area contributed by atoms with Crippen LogP contribution in [0, 0.1) is 5.92 Å². The highest BCUT2D eigenvalue weighted by atomic mass is 16.8. The van der Waals surface area contributed by atoms with Crippen molar-refractivity contribution in [3.8, 4) is 0 Å². The van der Waals surface area contributed by atoms with Crippen molar-refractivity contribution in [2.24, 2.45) is 5.92 Å². The lowest BCUT2D eigenvalue weighted by Gasteiger charge is -2.20. The van der Waals surface area contributed by atoms with Crippen molar-refractivity contribution in [2.45, 2.75) is 38.5 Å². The monoisotopic (exact) mass is 201 g/mol. The summed E-state index contributed by atoms with van der Waals surface area (Å²) >= 11 is 0. The largest absolute Gasteiger partial charge is 0.356 e. The maximum atomic E-state index is 11.3. The summed E-state index contributed by atoms with van der Waals surface area (Å²) < 4.78 is 4.65. The minimum atomic E-state index is -0.0334. The van der Waals surface area contributed by atoms with Gasteiger partial charge in [0.25, 0.3) is 0 Å². The molecule has 1 fully saturated rings. The third-order valence-electron chi connectivity index (χ3n) is 2.56. The Morgan fingerprint density at radius 1 is 1.36 bits per heavy atom. The number of carbonyl (C=O) groups excluding carboxylic acids is 1. The minimum Gasteiger partial charge on any atom is -0.356 e. The van der Waals surface area contributed by atoms with Gasteiger partial charge in [-0.1, -0.05) is 19.3 Å². The fourth-order valence-electron chi connectivity index (χ4n) is 1.86. The summed E-state index contributed by atoms with van der Waals surface area (Å²) in [4.78, 5) is 16.1. The first-order valence-corrected chi connectivity index (χ1v) is 5.22. The van der Waals surface area contributed by atoms with Crippen LogP contribution in [0.15, 0.2) is 0 Å². The maximum Gasteiger partial charge on any atom is 0.243 e. The highest BCUT2D eigenvalue weighted by Gasteiger charge is 2.16. The summed E-state index contributed by atoms with van der Waals surface area (Å²) in [6.07, 6.45) is 6.78. The second-order valence-corrected chi connectivity index (χ2v) is 3.78. The molecule has 0 aromatic rings. The van der Waals surface area contributed by atoms with E-state index in [1.165, 1.54) is 39.2 Å². The summed E-state index contributed by atoms with van der Waals surface area (Å²) in [5.74, 6) is 0.517. The van der Waals surface area contributed by atoms with Crippen molar-refractivity contribution < 1.29 is 14.4 Å². The van der Waals surface area contributed by atoms with E-state index in [4.69, 9.17) is 4.84 Å². The number of rotatable bonds is 5. The average molecular weight is 201 g/mol. The van der Waals surface area contributed by atoms with Crippen molar-refractivity contribution >= 4 is 5.91 Å². The quantitative estimate of drug-likeness (QED) is 0.417. The van der Waals surface area contributed by atoms with Crippen LogP contribution in [0.2, 0.25) is 0 Å². The van der Waals surface area contributed by atoms with Gasteiger partial charge in [-0.15, -0.1) is 0 Å². The van der Waals surface area contributed by atoms with Gasteiger partial charge in [-0.05, 0) is 18.8 Å². The van der Waals surface area contributed by atoms with Crippen LogP contribution in [0.3, 0.4) is 0 Å². The Balaban J connectivity index is 2.06. The number of nitrogens with one attached hydrogen (secondary N) is 1. The number of hydroxylamine groups is 1. The van der Waals surface area contributed by atoms with Gasteiger partial charge >= 0.3 is 0 Å². The second kappa shape index (κ2) is 6.79. The summed E-state index contributed by atoms with van der Waals surface area (Å²) in [5.41, 5.74) is 2.37. The number of ether oxygens (including phenoxy) is 1. The summed E-state index contributed by atoms with van der Waals surface area (Å²) in [6.45, 7) is 0.108. The van der Waals surface area contributed by atoms with Gasteiger partial charge in [0, 0.05) is 13.5 Å². The highest BCUT2D eigenvalue weighted by molar-refractivity contribution is 5.74. The molecule has 4 heteroatoms. The normalized spacial score (nSPS) is 18.1. The van der Waals surface area contributed by atoms with Crippen LogP contribution in [0.5, 0.6) is 0 Å². The lowest BCUT2D eigenvalue weighted by atomic mass is 9.87. The summed E-state index contributed by atoms with van der Waals surface area (Å²) in [5, 5.41) is 0. The first-order valence-electron chi connectivity index (χ1n) is 5.22. The van der Waals surface area contributed by atoms with Crippen molar-refractivity contribution in [1.82, 2.24) is 5.48 Å². The Bertz CT molecular complexity index is 167. The molecule has 1 saturated carbocycles. The molecule has 1 aliphatic rings. The molecule has 0 spiro atoms. The molecule has 0 aromatic heterocycles. The van der Waals surface area contributed by atoms with Gasteiger partial charge in [0.05, 0.1) is 0 Å². The van der Waals surface area contributed by atoms with E-state index in [1.807, 2.05) is 0 Å². The Hall–Kier alpha value is -0.610. The number of hydrogen-bond acceptors (Lipinski definition) is 3. The van der Waals surface area contributed by atoms with Crippen LogP contribution >= 0.6 is 0 Å². The van der Waals surface area contributed by atoms with E-state index in [1.54, 1.807) is 0 Å². The fourth-order valence-corrected chi connectivity index (χ4v) is 1.86. The van der Waals surface area contributed by atoms with Crippen LogP contribution in [-0.4, -0.2) is 19.8 Å². The van der Waals surface area contributed by atoms with Crippen LogP contribution in [0.4, 0.5) is 0 Å². The molecule has 1 rings (SSSR count). The van der Waals surface area contributed by atoms with E-state index in [2.05, 4.69) is 10.2 Å². The van der Waals surface area contributed by atoms with E-state index >= 15 is 0 Å². The SMILES string of the molecule is COCONC(=O)CC1CCCCC1. The molecule has 1 amide bonds. The van der Waals surface area contributed by atoms with Crippen molar-refractivity contribution in [3.63, 3.8) is 0 Å². The van der Waals surface area contributed by atoms with E-state index in [-0.39, 0.29) is 12.7 Å². The van der Waals surface area contributed by atoms with Crippen molar-refractivity contribution in [1.29, 1.82) is 0 Å². The van der Waals surface area contributed by atoms with Crippen LogP contribution in [-0.2, 0) is 14.4 Å². The molecule has 82 valence electrons. The van der Waals surface area contributed by atoms with Gasteiger partial charge in [-0.25, -0.2) is 10.3 Å². The highest BCUT2D eigenvalue weighted by Crippen LogP contribution is 2.25. The molecule has 0 heterocycles. The van der Waals surface area contributed by atoms with Gasteiger partial charge in [0.15, 0.2) is 6.79 Å². The van der Waals surface area contributed by atoms with E-state index < -0.39 is 0 Å². The topological polar surface area (TPSA) is 47.6 Å². The standard InChI is InChI=1S/C10H19NO3/c1-13-8-14-11-10(12)7-9-5-3-2-4-6-9/h9H,2-8H2,1H3,(H,11,12). The maximum absolute atomic E-state index is 11.3. The third kappa shape index (κ3) is 4.58. The Labute approximate surface area is 84.9 Å². The van der Waals surface area contributed by atoms with E-state index in [9.17, 15) is 4.79 Å². The van der Waals surface area contributed by atoms with E-state index in [0.717, 1.165) is 0 Å². The third-order valence-corrected chi connectivity index (χ3v) is 2.56. The number of carbonyl (C=O) groups is 1. The zero-order valence-corrected chi connectivity index (χ0v) is 8.75. The summed E-state index contributed by atoms with van der Waals surface area (Å²) in [6, 6.07) is 0. The van der Waals surface area contributed by atoms with Gasteiger partial charge < -0.3 is 4.74 Å². The van der Waals surface area contributed by atoms with Gasteiger partial charge in [0.1, 0.15) is 0 Å². The Morgan fingerprint density at radius 2 is 2.07 bits per heavy atom. The number of amides is 1. The zero-order chi connectivity index (χ0) is 10.2. The number of methoxy groups -OCH3 is 1. The molecule has 1 aliphatic carbocycles. The van der Waals surface area contributed by atoms with Crippen LogP contribution in [0.25, 0.3) is 0 Å². The second-order valence-electron chi connectivity index (χ2n) is 3.78. The van der Waals surface area contributed by atoms with Crippen molar-refractivity contribution in [3.05, 3.63) is 0 Å². The van der Waals surface area contributed by atoms with Gasteiger partial charge in [-0.3, -0.25) is 4.79 Å². The molecule has 1 N–H and O–H groups in total. The lowest BCUT2D eigenvalue weighted by Crippen LogP contribution is -2.27. The molecule has 0 radical (unpaired) electrons. The molecule has 0 unspecified atom stereocenters. The lowest BCUT2D eigenvalue weighted by molar-refractivity contribution is -0.145. The Kier molecular flexibility index (Phi) is 5.56. The smallest absolute Gasteiger partial charge is 0.243 e. The van der Waals surface area contributed by atoms with Crippen molar-refractivity contribution in [2.75, 3.05) is 13.9 Å². The predicted octanol–water partition coefficient (Wildman–Crippen LogP) is 1.61. The molecule has 0 saturated heterocycles. The summed E-state index contributed by atoms with van der Waals surface area (Å²) in [7, 11) is 1.52. The first kappa shape index (κ1) is 11.5. The van der Waals surface area contributed by atoms with E-state index in [0.29, 0.717) is 12.3 Å². The molecule has 0 aliphatic heterocycles. The predicted molar refractivity (Wildman–Crippen MR) is 52.3 cm³/mol. The molecular weight excluding hydrogens is 182 g/mol. The van der Waals surface area contributed by atoms with Crippen LogP contribution < -0.4 is 5.48 Å². The number of hydrogen-bond donors (Lipinski definition) is 1. The molecule has 4 nitrogen and oxygen atoms in total. The Morgan fingerprint density at radius 3 is 2.71 bits per heavy atom. The average Bonchev–Trinajstić information content (AvgIpc) is 2.20. The first-order chi connectivity index (χ1) is 6.83. The van der Waals surface area contributed by atoms with Gasteiger partial charge in [0.2, 0.25) is 5.91 Å². The minimum absolute atomic E-state index is 0.0334. The zero-order valence-electron chi connectivity index (χ0n) is 8.75. The molecule has 0 atom stereocenters. The van der Waals surface area contributed by atoms with Gasteiger partial charge in [-0.2, -0.15) is 0 Å².